The third-order valence-electron chi connectivity index (χ3n) is 6.21. The third kappa shape index (κ3) is 4.01. The molecular formula is C24H20ClF5N6. The first-order valence-corrected chi connectivity index (χ1v) is 11.3. The lowest BCUT2D eigenvalue weighted by atomic mass is 9.91. The zero-order chi connectivity index (χ0) is 25.9. The average molecular weight is 523 g/mol. The summed E-state index contributed by atoms with van der Waals surface area (Å²) in [5.74, 6) is -4.00. The lowest BCUT2D eigenvalue weighted by Crippen LogP contribution is -2.38. The molecule has 0 amide bonds. The summed E-state index contributed by atoms with van der Waals surface area (Å²) in [5, 5.41) is 1.30. The molecule has 0 bridgehead atoms. The van der Waals surface area contributed by atoms with Crippen LogP contribution in [0.1, 0.15) is 34.3 Å². The van der Waals surface area contributed by atoms with Gasteiger partial charge in [-0.3, -0.25) is 0 Å². The fraction of sp³-hybridized carbons (Fsp3) is 0.292. The van der Waals surface area contributed by atoms with Crippen LogP contribution in [0.5, 0.6) is 0 Å². The fourth-order valence-corrected chi connectivity index (χ4v) is 4.65. The van der Waals surface area contributed by atoms with Crippen LogP contribution >= 0.6 is 11.6 Å². The number of fused-ring (bicyclic) bond motifs is 3. The Kier molecular flexibility index (Phi) is 5.77. The Bertz CT molecular complexity index is 1480. The monoisotopic (exact) mass is 522 g/mol. The van der Waals surface area contributed by atoms with E-state index in [1.807, 2.05) is 0 Å². The maximum Gasteiger partial charge on any atom is 0.451 e. The highest BCUT2D eigenvalue weighted by Crippen LogP contribution is 2.42. The van der Waals surface area contributed by atoms with Crippen LogP contribution in [0.4, 0.5) is 33.8 Å². The highest BCUT2D eigenvalue weighted by atomic mass is 35.5. The summed E-state index contributed by atoms with van der Waals surface area (Å²) >= 11 is 6.19. The Balaban J connectivity index is 1.77. The summed E-state index contributed by atoms with van der Waals surface area (Å²) in [6.45, 7) is 1.57. The number of rotatable bonds is 3. The lowest BCUT2D eigenvalue weighted by molar-refractivity contribution is -0.144. The van der Waals surface area contributed by atoms with E-state index in [1.165, 1.54) is 43.0 Å². The van der Waals surface area contributed by atoms with Gasteiger partial charge in [0.25, 0.3) is 0 Å². The van der Waals surface area contributed by atoms with Crippen molar-refractivity contribution in [1.29, 1.82) is 0 Å². The molecule has 0 unspecified atom stereocenters. The van der Waals surface area contributed by atoms with E-state index in [4.69, 9.17) is 11.6 Å². The van der Waals surface area contributed by atoms with Crippen LogP contribution in [-0.2, 0) is 12.6 Å². The molecule has 0 fully saturated rings. The number of aromatic nitrogens is 4. The molecule has 0 saturated heterocycles. The van der Waals surface area contributed by atoms with Crippen molar-refractivity contribution in [3.05, 3.63) is 75.2 Å². The van der Waals surface area contributed by atoms with Crippen molar-refractivity contribution < 1.29 is 22.0 Å². The number of hydrogen-bond acceptors (Lipinski definition) is 5. The molecule has 36 heavy (non-hydrogen) atoms. The van der Waals surface area contributed by atoms with Gasteiger partial charge in [-0.15, -0.1) is 0 Å². The number of aromatic amines is 1. The second kappa shape index (κ2) is 8.58. The zero-order valence-electron chi connectivity index (χ0n) is 19.4. The van der Waals surface area contributed by atoms with Crippen molar-refractivity contribution in [2.24, 2.45) is 0 Å². The topological polar surface area (TPSA) is 60.9 Å². The minimum Gasteiger partial charge on any atom is -0.356 e. The number of benzene rings is 2. The molecular weight excluding hydrogens is 503 g/mol. The average Bonchev–Trinajstić information content (AvgIpc) is 3.19. The summed E-state index contributed by atoms with van der Waals surface area (Å²) in [6.07, 6.45) is -4.45. The van der Waals surface area contributed by atoms with Gasteiger partial charge in [-0.1, -0.05) is 23.7 Å². The Morgan fingerprint density at radius 3 is 2.50 bits per heavy atom. The van der Waals surface area contributed by atoms with Gasteiger partial charge in [0.15, 0.2) is 11.6 Å². The molecule has 12 heteroatoms. The SMILES string of the molecule is Cc1ccc([C@H]2c3[nH]c4ccc(Cl)cc4c3CCN2c2nc(N(C)C)nc(C(F)(F)F)n2)c(F)c1F. The zero-order valence-corrected chi connectivity index (χ0v) is 20.1. The smallest absolute Gasteiger partial charge is 0.356 e. The minimum absolute atomic E-state index is 0.0583. The molecule has 2 aromatic heterocycles. The number of H-pyrrole nitrogens is 1. The van der Waals surface area contributed by atoms with E-state index in [-0.39, 0.29) is 29.6 Å². The first-order chi connectivity index (χ1) is 17.0. The molecule has 5 rings (SSSR count). The number of alkyl halides is 3. The number of aryl methyl sites for hydroxylation is 1. The molecule has 1 aliphatic heterocycles. The molecule has 1 atom stereocenters. The molecule has 0 aliphatic carbocycles. The van der Waals surface area contributed by atoms with Crippen molar-refractivity contribution in [1.82, 2.24) is 19.9 Å². The van der Waals surface area contributed by atoms with E-state index in [2.05, 4.69) is 19.9 Å². The lowest BCUT2D eigenvalue weighted by Gasteiger charge is -2.36. The number of nitrogens with zero attached hydrogens (tertiary/aromatic N) is 5. The van der Waals surface area contributed by atoms with E-state index in [9.17, 15) is 17.6 Å². The van der Waals surface area contributed by atoms with E-state index in [0.29, 0.717) is 22.7 Å². The van der Waals surface area contributed by atoms with Gasteiger partial charge in [0.05, 0.1) is 0 Å². The number of nitrogens with one attached hydrogen (secondary N) is 1. The van der Waals surface area contributed by atoms with Crippen LogP contribution in [0, 0.1) is 18.6 Å². The number of halogens is 6. The molecule has 0 radical (unpaired) electrons. The predicted molar refractivity (Wildman–Crippen MR) is 126 cm³/mol. The molecule has 1 aliphatic rings. The van der Waals surface area contributed by atoms with Gasteiger partial charge in [-0.05, 0) is 42.7 Å². The molecule has 4 aromatic rings. The summed E-state index contributed by atoms with van der Waals surface area (Å²) in [6, 6.07) is 7.04. The Morgan fingerprint density at radius 2 is 1.81 bits per heavy atom. The Labute approximate surface area is 207 Å². The molecule has 1 N–H and O–H groups in total. The van der Waals surface area contributed by atoms with Gasteiger partial charge in [0.1, 0.15) is 6.04 Å². The van der Waals surface area contributed by atoms with E-state index < -0.39 is 29.7 Å². The van der Waals surface area contributed by atoms with Crippen molar-refractivity contribution in [3.8, 4) is 0 Å². The third-order valence-corrected chi connectivity index (χ3v) is 6.45. The van der Waals surface area contributed by atoms with Gasteiger partial charge >= 0.3 is 6.18 Å². The van der Waals surface area contributed by atoms with E-state index >= 15 is 4.39 Å². The predicted octanol–water partition coefficient (Wildman–Crippen LogP) is 5.83. The summed E-state index contributed by atoms with van der Waals surface area (Å²) in [7, 11) is 3.00. The van der Waals surface area contributed by atoms with Crippen LogP contribution in [0.25, 0.3) is 10.9 Å². The largest absolute Gasteiger partial charge is 0.451 e. The normalized spacial score (nSPS) is 15.9. The van der Waals surface area contributed by atoms with E-state index in [0.717, 1.165) is 10.9 Å². The Hall–Kier alpha value is -3.47. The summed E-state index contributed by atoms with van der Waals surface area (Å²) in [5.41, 5.74) is 2.08. The second-order valence-corrected chi connectivity index (χ2v) is 9.24. The highest BCUT2D eigenvalue weighted by molar-refractivity contribution is 6.31. The quantitative estimate of drug-likeness (QED) is 0.343. The summed E-state index contributed by atoms with van der Waals surface area (Å²) < 4.78 is 71.0. The first kappa shape index (κ1) is 24.2. The minimum atomic E-state index is -4.84. The maximum absolute atomic E-state index is 15.3. The van der Waals surface area contributed by atoms with Gasteiger partial charge in [-0.2, -0.15) is 28.1 Å². The van der Waals surface area contributed by atoms with Crippen molar-refractivity contribution >= 4 is 34.4 Å². The molecule has 0 spiro atoms. The molecule has 188 valence electrons. The van der Waals surface area contributed by atoms with Gasteiger partial charge in [0, 0.05) is 47.8 Å². The maximum atomic E-state index is 15.3. The van der Waals surface area contributed by atoms with Crippen LogP contribution in [0.3, 0.4) is 0 Å². The summed E-state index contributed by atoms with van der Waals surface area (Å²) in [4.78, 5) is 17.5. The molecule has 2 aromatic carbocycles. The number of hydrogen-bond donors (Lipinski definition) is 1. The fourth-order valence-electron chi connectivity index (χ4n) is 4.48. The van der Waals surface area contributed by atoms with E-state index in [1.54, 1.807) is 18.2 Å². The van der Waals surface area contributed by atoms with Crippen molar-refractivity contribution in [2.45, 2.75) is 25.6 Å². The Morgan fingerprint density at radius 1 is 1.06 bits per heavy atom. The number of anilines is 2. The first-order valence-electron chi connectivity index (χ1n) is 11.0. The van der Waals surface area contributed by atoms with Crippen molar-refractivity contribution in [2.75, 3.05) is 30.4 Å². The highest BCUT2D eigenvalue weighted by Gasteiger charge is 2.40. The van der Waals surface area contributed by atoms with Gasteiger partial charge < -0.3 is 14.8 Å². The molecule has 3 heterocycles. The molecule has 0 saturated carbocycles. The molecule has 6 nitrogen and oxygen atoms in total. The van der Waals surface area contributed by atoms with Gasteiger partial charge in [-0.25, -0.2) is 8.78 Å². The van der Waals surface area contributed by atoms with Crippen LogP contribution in [-0.4, -0.2) is 40.6 Å². The van der Waals surface area contributed by atoms with Crippen LogP contribution in [0.15, 0.2) is 30.3 Å². The second-order valence-electron chi connectivity index (χ2n) is 8.80. The van der Waals surface area contributed by atoms with Gasteiger partial charge in [0.2, 0.25) is 17.7 Å². The van der Waals surface area contributed by atoms with Crippen molar-refractivity contribution in [3.63, 3.8) is 0 Å². The van der Waals surface area contributed by atoms with Crippen LogP contribution < -0.4 is 9.80 Å². The standard InChI is InChI=1S/C24H20ClF5N6/c1-11-4-6-14(18(27)17(11)26)20-19-13(15-10-12(25)5-7-16(15)31-19)8-9-36(20)23-33-21(24(28,29)30)32-22(34-23)35(2)3/h4-7,10,20,31H,8-9H2,1-3H3/t20-/m0/s1. The van der Waals surface area contributed by atoms with Crippen LogP contribution in [0.2, 0.25) is 5.02 Å².